The van der Waals surface area contributed by atoms with E-state index in [0.717, 1.165) is 45.5 Å². The predicted octanol–water partition coefficient (Wildman–Crippen LogP) is 4.80. The van der Waals surface area contributed by atoms with Crippen molar-refractivity contribution in [1.82, 2.24) is 15.5 Å². The van der Waals surface area contributed by atoms with Crippen LogP contribution in [0.25, 0.3) is 6.08 Å². The third-order valence-electron chi connectivity index (χ3n) is 4.84. The van der Waals surface area contributed by atoms with Gasteiger partial charge in [0.25, 0.3) is 0 Å². The molecule has 0 fully saturated rings. The van der Waals surface area contributed by atoms with Crippen molar-refractivity contribution >= 4 is 46.6 Å². The molecule has 2 N–H and O–H groups in total. The van der Waals surface area contributed by atoms with Gasteiger partial charge in [0.15, 0.2) is 5.11 Å². The summed E-state index contributed by atoms with van der Waals surface area (Å²) in [6.45, 7) is 1.64. The summed E-state index contributed by atoms with van der Waals surface area (Å²) in [7, 11) is 2.11. The average Bonchev–Trinajstić information content (AvgIpc) is 2.64. The van der Waals surface area contributed by atoms with E-state index >= 15 is 0 Å². The first-order chi connectivity index (χ1) is 13.0. The van der Waals surface area contributed by atoms with E-state index in [4.69, 9.17) is 35.4 Å². The topological polar surface area (TPSA) is 27.3 Å². The molecule has 1 unspecified atom stereocenters. The Morgan fingerprint density at radius 1 is 1.04 bits per heavy atom. The van der Waals surface area contributed by atoms with Gasteiger partial charge in [0, 0.05) is 28.8 Å². The molecule has 3 nitrogen and oxygen atoms in total. The molecule has 1 atom stereocenters. The van der Waals surface area contributed by atoms with Crippen molar-refractivity contribution in [1.29, 1.82) is 0 Å². The number of hydrogen-bond acceptors (Lipinski definition) is 2. The van der Waals surface area contributed by atoms with Gasteiger partial charge in [0.2, 0.25) is 0 Å². The molecule has 0 aliphatic carbocycles. The lowest BCUT2D eigenvalue weighted by Gasteiger charge is -2.39. The molecule has 0 saturated heterocycles. The van der Waals surface area contributed by atoms with Crippen molar-refractivity contribution in [3.63, 3.8) is 0 Å². The van der Waals surface area contributed by atoms with Gasteiger partial charge in [-0.25, -0.2) is 0 Å². The Morgan fingerprint density at radius 2 is 1.74 bits per heavy atom. The van der Waals surface area contributed by atoms with E-state index < -0.39 is 0 Å². The van der Waals surface area contributed by atoms with E-state index in [1.807, 2.05) is 48.5 Å². The minimum Gasteiger partial charge on any atom is -0.352 e. The second kappa shape index (κ2) is 7.64. The van der Waals surface area contributed by atoms with Crippen LogP contribution in [0, 0.1) is 0 Å². The Hall–Kier alpha value is -1.85. The highest BCUT2D eigenvalue weighted by molar-refractivity contribution is 7.80. The van der Waals surface area contributed by atoms with Crippen LogP contribution in [0.15, 0.2) is 65.4 Å². The normalized spacial score (nSPS) is 21.7. The Kier molecular flexibility index (Phi) is 5.24. The van der Waals surface area contributed by atoms with Crippen molar-refractivity contribution in [2.45, 2.75) is 6.04 Å². The van der Waals surface area contributed by atoms with Gasteiger partial charge in [0.1, 0.15) is 0 Å². The fourth-order valence-corrected chi connectivity index (χ4v) is 4.29. The molecular formula is C21H19Cl2N3S. The van der Waals surface area contributed by atoms with Gasteiger partial charge in [-0.05, 0) is 59.7 Å². The predicted molar refractivity (Wildman–Crippen MR) is 117 cm³/mol. The summed E-state index contributed by atoms with van der Waals surface area (Å²) < 4.78 is 0. The van der Waals surface area contributed by atoms with Gasteiger partial charge in [-0.3, -0.25) is 4.90 Å². The summed E-state index contributed by atoms with van der Waals surface area (Å²) in [5.41, 5.74) is 5.48. The Bertz CT molecular complexity index is 967. The third kappa shape index (κ3) is 3.76. The first-order valence-corrected chi connectivity index (χ1v) is 9.88. The van der Waals surface area contributed by atoms with Gasteiger partial charge >= 0.3 is 0 Å². The molecule has 6 heteroatoms. The van der Waals surface area contributed by atoms with E-state index in [9.17, 15) is 0 Å². The molecule has 0 radical (unpaired) electrons. The van der Waals surface area contributed by atoms with E-state index in [1.165, 1.54) is 5.57 Å². The van der Waals surface area contributed by atoms with Crippen molar-refractivity contribution in [3.8, 4) is 0 Å². The highest BCUT2D eigenvalue weighted by Gasteiger charge is 2.33. The average molecular weight is 416 g/mol. The molecule has 2 aromatic rings. The minimum atomic E-state index is -0.0557. The van der Waals surface area contributed by atoms with Crippen LogP contribution in [0.1, 0.15) is 17.2 Å². The maximum Gasteiger partial charge on any atom is 0.171 e. The number of rotatable bonds is 2. The number of benzene rings is 2. The highest BCUT2D eigenvalue weighted by atomic mass is 35.5. The largest absolute Gasteiger partial charge is 0.352 e. The number of hydrogen-bond donors (Lipinski definition) is 2. The molecule has 0 spiro atoms. The number of thiocarbonyl (C=S) groups is 1. The second-order valence-electron chi connectivity index (χ2n) is 6.82. The van der Waals surface area contributed by atoms with Crippen molar-refractivity contribution < 1.29 is 0 Å². The smallest absolute Gasteiger partial charge is 0.171 e. The summed E-state index contributed by atoms with van der Waals surface area (Å²) in [5, 5.41) is 8.83. The molecule has 0 saturated carbocycles. The van der Waals surface area contributed by atoms with Crippen LogP contribution < -0.4 is 10.6 Å². The molecule has 27 heavy (non-hydrogen) atoms. The quantitative estimate of drug-likeness (QED) is 0.689. The van der Waals surface area contributed by atoms with E-state index in [0.29, 0.717) is 5.11 Å². The van der Waals surface area contributed by atoms with Gasteiger partial charge < -0.3 is 10.6 Å². The van der Waals surface area contributed by atoms with Crippen LogP contribution in [0.4, 0.5) is 0 Å². The van der Waals surface area contributed by atoms with Gasteiger partial charge in [-0.15, -0.1) is 0 Å². The zero-order valence-corrected chi connectivity index (χ0v) is 17.1. The molecule has 0 amide bonds. The first kappa shape index (κ1) is 18.5. The summed E-state index contributed by atoms with van der Waals surface area (Å²) in [5.74, 6) is 0. The number of nitrogens with one attached hydrogen (secondary N) is 2. The van der Waals surface area contributed by atoms with Crippen molar-refractivity contribution in [2.75, 3.05) is 20.1 Å². The molecular weight excluding hydrogens is 397 g/mol. The monoisotopic (exact) mass is 415 g/mol. The Labute approximate surface area is 174 Å². The highest BCUT2D eigenvalue weighted by Crippen LogP contribution is 2.36. The lowest BCUT2D eigenvalue weighted by atomic mass is 9.89. The van der Waals surface area contributed by atoms with Crippen LogP contribution in [0.3, 0.4) is 0 Å². The SMILES string of the molecule is CN1CC2=C(NC(=S)NC2c2ccccc2Cl)/C(=C/c2ccccc2Cl)C1. The van der Waals surface area contributed by atoms with Gasteiger partial charge in [-0.1, -0.05) is 59.6 Å². The summed E-state index contributed by atoms with van der Waals surface area (Å²) in [6, 6.07) is 15.7. The molecule has 2 heterocycles. The van der Waals surface area contributed by atoms with Crippen molar-refractivity contribution in [3.05, 3.63) is 86.5 Å². The minimum absolute atomic E-state index is 0.0557. The molecule has 138 valence electrons. The lowest BCUT2D eigenvalue weighted by molar-refractivity contribution is 0.364. The molecule has 0 aromatic heterocycles. The van der Waals surface area contributed by atoms with E-state index in [2.05, 4.69) is 28.7 Å². The van der Waals surface area contributed by atoms with Crippen LogP contribution in [0.5, 0.6) is 0 Å². The van der Waals surface area contributed by atoms with Crippen LogP contribution in [-0.4, -0.2) is 30.1 Å². The standard InChI is InChI=1S/C21H19Cl2N3S/c1-26-11-14(10-13-6-2-4-8-17(13)22)19-16(12-26)20(25-21(27)24-19)15-7-3-5-9-18(15)23/h2-10,20H,11-12H2,1H3,(H2,24,25,27)/b14-10+. The Morgan fingerprint density at radius 3 is 2.48 bits per heavy atom. The summed E-state index contributed by atoms with van der Waals surface area (Å²) in [6.07, 6.45) is 2.14. The van der Waals surface area contributed by atoms with Crippen LogP contribution >= 0.6 is 35.4 Å². The zero-order chi connectivity index (χ0) is 19.0. The van der Waals surface area contributed by atoms with Crippen LogP contribution in [0.2, 0.25) is 10.0 Å². The second-order valence-corrected chi connectivity index (χ2v) is 8.04. The maximum atomic E-state index is 6.49. The molecule has 2 aromatic carbocycles. The zero-order valence-electron chi connectivity index (χ0n) is 14.8. The Balaban J connectivity index is 1.84. The summed E-state index contributed by atoms with van der Waals surface area (Å²) in [4.78, 5) is 2.28. The van der Waals surface area contributed by atoms with Crippen LogP contribution in [-0.2, 0) is 0 Å². The molecule has 4 rings (SSSR count). The molecule has 0 bridgehead atoms. The number of halogens is 2. The molecule has 2 aliphatic heterocycles. The van der Waals surface area contributed by atoms with Crippen molar-refractivity contribution in [2.24, 2.45) is 0 Å². The van der Waals surface area contributed by atoms with E-state index in [-0.39, 0.29) is 6.04 Å². The maximum absolute atomic E-state index is 6.49. The first-order valence-electron chi connectivity index (χ1n) is 8.72. The number of likely N-dealkylation sites (N-methyl/N-ethyl adjacent to an activating group) is 1. The summed E-state index contributed by atoms with van der Waals surface area (Å²) >= 11 is 18.4. The fourth-order valence-electron chi connectivity index (χ4n) is 3.64. The fraction of sp³-hybridized carbons (Fsp3) is 0.190. The van der Waals surface area contributed by atoms with E-state index in [1.54, 1.807) is 0 Å². The van der Waals surface area contributed by atoms with Gasteiger partial charge in [-0.2, -0.15) is 0 Å². The van der Waals surface area contributed by atoms with Gasteiger partial charge in [0.05, 0.1) is 6.04 Å². The number of nitrogens with zero attached hydrogens (tertiary/aromatic N) is 1. The third-order valence-corrected chi connectivity index (χ3v) is 5.74. The lowest BCUT2D eigenvalue weighted by Crippen LogP contribution is -2.49. The molecule has 2 aliphatic rings.